The number of unbranched alkanes of at least 4 members (excludes halogenated alkanes) is 1. The number of aliphatic hydroxyl groups is 1. The Morgan fingerprint density at radius 3 is 2.80 bits per heavy atom. The van der Waals surface area contributed by atoms with E-state index in [-0.39, 0.29) is 17.9 Å². The van der Waals surface area contributed by atoms with Gasteiger partial charge >= 0.3 is 0 Å². The Balaban J connectivity index is 2.01. The van der Waals surface area contributed by atoms with Crippen molar-refractivity contribution in [1.82, 2.24) is 5.32 Å². The number of hydrogen-bond donors (Lipinski definition) is 2. The van der Waals surface area contributed by atoms with Crippen LogP contribution >= 0.6 is 21.6 Å². The van der Waals surface area contributed by atoms with Crippen molar-refractivity contribution in [1.29, 1.82) is 0 Å². The highest BCUT2D eigenvalue weighted by atomic mass is 33.1. The highest BCUT2D eigenvalue weighted by molar-refractivity contribution is 8.77. The zero-order valence-electron chi connectivity index (χ0n) is 12.8. The fourth-order valence-corrected chi connectivity index (χ4v) is 5.32. The van der Waals surface area contributed by atoms with E-state index in [1.54, 1.807) is 0 Å². The number of hydrogen-bond acceptors (Lipinski definition) is 4. The third-order valence-corrected chi connectivity index (χ3v) is 6.69. The molecule has 118 valence electrons. The summed E-state index contributed by atoms with van der Waals surface area (Å²) >= 11 is 0. The zero-order chi connectivity index (χ0) is 14.8. The third-order valence-electron chi connectivity index (χ3n) is 3.68. The van der Waals surface area contributed by atoms with Crippen molar-refractivity contribution in [3.63, 3.8) is 0 Å². The fraction of sp³-hybridized carbons (Fsp3) is 0.933. The molecule has 0 unspecified atom stereocenters. The number of amides is 1. The van der Waals surface area contributed by atoms with Gasteiger partial charge in [0.05, 0.1) is 0 Å². The second kappa shape index (κ2) is 9.96. The molecule has 0 bridgehead atoms. The van der Waals surface area contributed by atoms with Gasteiger partial charge in [-0.3, -0.25) is 4.79 Å². The molecule has 1 aliphatic heterocycles. The number of aliphatic hydroxyl groups excluding tert-OH is 1. The molecule has 1 heterocycles. The van der Waals surface area contributed by atoms with Crippen LogP contribution < -0.4 is 5.32 Å². The van der Waals surface area contributed by atoms with Gasteiger partial charge in [0.2, 0.25) is 5.91 Å². The van der Waals surface area contributed by atoms with Crippen LogP contribution in [0.15, 0.2) is 0 Å². The van der Waals surface area contributed by atoms with E-state index in [0.29, 0.717) is 13.0 Å². The SMILES string of the molecule is CC(C)(CCCO)CNC(=O)CCCC[C@@H]1CCSS1. The van der Waals surface area contributed by atoms with Crippen LogP contribution in [-0.2, 0) is 4.79 Å². The summed E-state index contributed by atoms with van der Waals surface area (Å²) in [6, 6.07) is 0. The van der Waals surface area contributed by atoms with Gasteiger partial charge in [-0.2, -0.15) is 0 Å². The van der Waals surface area contributed by atoms with E-state index in [9.17, 15) is 4.79 Å². The van der Waals surface area contributed by atoms with Gasteiger partial charge in [0.1, 0.15) is 0 Å². The summed E-state index contributed by atoms with van der Waals surface area (Å²) in [5.74, 6) is 1.47. The maximum atomic E-state index is 11.8. The molecule has 0 saturated carbocycles. The Kier molecular flexibility index (Phi) is 9.05. The summed E-state index contributed by atoms with van der Waals surface area (Å²) in [6.07, 6.45) is 7.17. The highest BCUT2D eigenvalue weighted by Gasteiger charge is 2.18. The second-order valence-corrected chi connectivity index (χ2v) is 9.13. The number of nitrogens with one attached hydrogen (secondary N) is 1. The minimum absolute atomic E-state index is 0.0795. The first kappa shape index (κ1) is 18.2. The smallest absolute Gasteiger partial charge is 0.220 e. The maximum Gasteiger partial charge on any atom is 0.220 e. The van der Waals surface area contributed by atoms with Crippen LogP contribution in [-0.4, -0.2) is 35.2 Å². The summed E-state index contributed by atoms with van der Waals surface area (Å²) in [5.41, 5.74) is 0.0795. The van der Waals surface area contributed by atoms with Crippen LogP contribution in [0.3, 0.4) is 0 Å². The van der Waals surface area contributed by atoms with Crippen LogP contribution in [0, 0.1) is 5.41 Å². The molecule has 2 N–H and O–H groups in total. The topological polar surface area (TPSA) is 49.3 Å². The lowest BCUT2D eigenvalue weighted by Crippen LogP contribution is -2.34. The molecule has 1 aliphatic rings. The van der Waals surface area contributed by atoms with Gasteiger partial charge < -0.3 is 10.4 Å². The first-order chi connectivity index (χ1) is 9.53. The van der Waals surface area contributed by atoms with Crippen molar-refractivity contribution >= 4 is 27.5 Å². The molecule has 1 fully saturated rings. The number of carbonyl (C=O) groups excluding carboxylic acids is 1. The lowest BCUT2D eigenvalue weighted by molar-refractivity contribution is -0.121. The van der Waals surface area contributed by atoms with E-state index in [2.05, 4.69) is 19.2 Å². The molecule has 0 radical (unpaired) electrons. The summed E-state index contributed by atoms with van der Waals surface area (Å²) in [5, 5.41) is 12.7. The molecule has 0 aromatic heterocycles. The van der Waals surface area contributed by atoms with Gasteiger partial charge in [0, 0.05) is 30.6 Å². The summed E-state index contributed by atoms with van der Waals surface area (Å²) in [4.78, 5) is 11.8. The molecule has 1 saturated heterocycles. The van der Waals surface area contributed by atoms with Crippen LogP contribution in [0.5, 0.6) is 0 Å². The van der Waals surface area contributed by atoms with Gasteiger partial charge in [-0.15, -0.1) is 0 Å². The average Bonchev–Trinajstić information content (AvgIpc) is 2.92. The molecule has 1 rings (SSSR count). The first-order valence-electron chi connectivity index (χ1n) is 7.69. The maximum absolute atomic E-state index is 11.8. The Bertz CT molecular complexity index is 279. The van der Waals surface area contributed by atoms with Crippen molar-refractivity contribution in [3.05, 3.63) is 0 Å². The molecule has 0 aromatic rings. The molecule has 5 heteroatoms. The lowest BCUT2D eigenvalue weighted by Gasteiger charge is -2.24. The zero-order valence-corrected chi connectivity index (χ0v) is 14.5. The molecule has 3 nitrogen and oxygen atoms in total. The Labute approximate surface area is 131 Å². The number of carbonyl (C=O) groups is 1. The summed E-state index contributed by atoms with van der Waals surface area (Å²) in [7, 11) is 4.00. The van der Waals surface area contributed by atoms with E-state index in [1.807, 2.05) is 21.6 Å². The van der Waals surface area contributed by atoms with Crippen LogP contribution in [0.1, 0.15) is 58.8 Å². The summed E-state index contributed by atoms with van der Waals surface area (Å²) < 4.78 is 0. The third kappa shape index (κ3) is 8.42. The minimum Gasteiger partial charge on any atom is -0.396 e. The predicted octanol–water partition coefficient (Wildman–Crippen LogP) is 3.62. The second-order valence-electron chi connectivity index (χ2n) is 6.34. The largest absolute Gasteiger partial charge is 0.396 e. The van der Waals surface area contributed by atoms with Gasteiger partial charge in [0.25, 0.3) is 0 Å². The Morgan fingerprint density at radius 2 is 2.15 bits per heavy atom. The molecular formula is C15H29NO2S2. The van der Waals surface area contributed by atoms with Gasteiger partial charge in [-0.05, 0) is 37.5 Å². The number of rotatable bonds is 10. The predicted molar refractivity (Wildman–Crippen MR) is 90.0 cm³/mol. The van der Waals surface area contributed by atoms with Crippen LogP contribution in [0.4, 0.5) is 0 Å². The molecule has 0 aliphatic carbocycles. The lowest BCUT2D eigenvalue weighted by atomic mass is 9.88. The van der Waals surface area contributed by atoms with E-state index in [1.165, 1.54) is 25.0 Å². The van der Waals surface area contributed by atoms with Crippen molar-refractivity contribution in [2.45, 2.75) is 64.0 Å². The molecule has 1 amide bonds. The van der Waals surface area contributed by atoms with E-state index in [0.717, 1.165) is 24.5 Å². The quantitative estimate of drug-likeness (QED) is 0.477. The Hall–Kier alpha value is 0.130. The fourth-order valence-electron chi connectivity index (χ4n) is 2.29. The summed E-state index contributed by atoms with van der Waals surface area (Å²) in [6.45, 7) is 5.21. The van der Waals surface area contributed by atoms with Crippen molar-refractivity contribution < 1.29 is 9.90 Å². The molecule has 0 aromatic carbocycles. The molecule has 1 atom stereocenters. The van der Waals surface area contributed by atoms with Crippen LogP contribution in [0.25, 0.3) is 0 Å². The van der Waals surface area contributed by atoms with Crippen molar-refractivity contribution in [2.24, 2.45) is 5.41 Å². The van der Waals surface area contributed by atoms with Crippen molar-refractivity contribution in [3.8, 4) is 0 Å². The normalized spacial score (nSPS) is 19.2. The first-order valence-corrected chi connectivity index (χ1v) is 10.1. The minimum atomic E-state index is 0.0795. The Morgan fingerprint density at radius 1 is 1.35 bits per heavy atom. The van der Waals surface area contributed by atoms with Gasteiger partial charge in [-0.25, -0.2) is 0 Å². The molecule has 0 spiro atoms. The van der Waals surface area contributed by atoms with E-state index >= 15 is 0 Å². The van der Waals surface area contributed by atoms with Gasteiger partial charge in [-0.1, -0.05) is 41.9 Å². The van der Waals surface area contributed by atoms with E-state index in [4.69, 9.17) is 5.11 Å². The van der Waals surface area contributed by atoms with Gasteiger partial charge in [0.15, 0.2) is 0 Å². The van der Waals surface area contributed by atoms with E-state index < -0.39 is 0 Å². The standard InChI is InChI=1S/C15H29NO2S2/c1-15(2,9-5-10-17)12-16-14(18)7-4-3-6-13-8-11-19-20-13/h13,17H,3-12H2,1-2H3,(H,16,18)/t13-/m1/s1. The monoisotopic (exact) mass is 319 g/mol. The molecular weight excluding hydrogens is 290 g/mol. The van der Waals surface area contributed by atoms with Crippen LogP contribution in [0.2, 0.25) is 0 Å². The molecule has 20 heavy (non-hydrogen) atoms. The van der Waals surface area contributed by atoms with Crippen molar-refractivity contribution in [2.75, 3.05) is 18.9 Å². The average molecular weight is 320 g/mol. The highest BCUT2D eigenvalue weighted by Crippen LogP contribution is 2.39.